The molecule has 27 heavy (non-hydrogen) atoms. The third-order valence-electron chi connectivity index (χ3n) is 5.70. The Hall–Kier alpha value is -1.86. The van der Waals surface area contributed by atoms with E-state index in [0.717, 1.165) is 64.9 Å². The van der Waals surface area contributed by atoms with Gasteiger partial charge in [-0.25, -0.2) is 4.39 Å². The number of para-hydroxylation sites is 1. The molecule has 2 heterocycles. The van der Waals surface area contributed by atoms with E-state index in [0.29, 0.717) is 11.7 Å². The molecule has 0 saturated carbocycles. The van der Waals surface area contributed by atoms with Crippen molar-refractivity contribution in [3.8, 4) is 0 Å². The summed E-state index contributed by atoms with van der Waals surface area (Å²) in [6.45, 7) is 11.0. The fourth-order valence-electron chi connectivity index (χ4n) is 3.83. The van der Waals surface area contributed by atoms with E-state index in [4.69, 9.17) is 0 Å². The van der Waals surface area contributed by atoms with E-state index in [-0.39, 0.29) is 5.82 Å². The Kier molecular flexibility index (Phi) is 6.90. The molecule has 150 valence electrons. The van der Waals surface area contributed by atoms with Crippen LogP contribution in [0.25, 0.3) is 0 Å². The van der Waals surface area contributed by atoms with Gasteiger partial charge in [0.2, 0.25) is 0 Å². The summed E-state index contributed by atoms with van der Waals surface area (Å²) in [5.41, 5.74) is 0.698. The number of anilines is 1. The zero-order valence-corrected chi connectivity index (χ0v) is 16.9. The van der Waals surface area contributed by atoms with Crippen molar-refractivity contribution in [1.82, 2.24) is 20.0 Å². The molecule has 2 aliphatic rings. The molecule has 0 bridgehead atoms. The van der Waals surface area contributed by atoms with Gasteiger partial charge in [-0.15, -0.1) is 0 Å². The van der Waals surface area contributed by atoms with E-state index in [9.17, 15) is 4.39 Å². The monoisotopic (exact) mass is 376 g/mol. The van der Waals surface area contributed by atoms with Gasteiger partial charge in [0, 0.05) is 72.0 Å². The first kappa shape index (κ1) is 19.9. The lowest BCUT2D eigenvalue weighted by Crippen LogP contribution is -2.55. The smallest absolute Gasteiger partial charge is 0.193 e. The lowest BCUT2D eigenvalue weighted by Gasteiger charge is -2.39. The second kappa shape index (κ2) is 9.37. The van der Waals surface area contributed by atoms with Gasteiger partial charge in [-0.1, -0.05) is 12.1 Å². The normalized spacial score (nSPS) is 21.4. The number of guanidine groups is 1. The number of benzene rings is 1. The van der Waals surface area contributed by atoms with Gasteiger partial charge in [-0.3, -0.25) is 9.89 Å². The minimum atomic E-state index is -0.144. The Morgan fingerprint density at radius 1 is 1.07 bits per heavy atom. The molecule has 6 nitrogen and oxygen atoms in total. The second-order valence-corrected chi connectivity index (χ2v) is 7.54. The van der Waals surface area contributed by atoms with Crippen LogP contribution in [0.3, 0.4) is 0 Å². The van der Waals surface area contributed by atoms with Gasteiger partial charge >= 0.3 is 0 Å². The van der Waals surface area contributed by atoms with Crippen LogP contribution in [0.1, 0.15) is 6.92 Å². The molecule has 1 unspecified atom stereocenters. The second-order valence-electron chi connectivity index (χ2n) is 7.54. The van der Waals surface area contributed by atoms with Crippen LogP contribution >= 0.6 is 0 Å². The molecule has 2 fully saturated rings. The summed E-state index contributed by atoms with van der Waals surface area (Å²) in [6.07, 6.45) is 0. The summed E-state index contributed by atoms with van der Waals surface area (Å²) in [6, 6.07) is 7.50. The molecule has 0 amide bonds. The Balaban J connectivity index is 1.47. The van der Waals surface area contributed by atoms with E-state index in [1.165, 1.54) is 6.07 Å². The molecule has 1 N–H and O–H groups in total. The van der Waals surface area contributed by atoms with Crippen molar-refractivity contribution in [2.24, 2.45) is 4.99 Å². The number of hydrogen-bond donors (Lipinski definition) is 1. The molecule has 3 rings (SSSR count). The average Bonchev–Trinajstić information content (AvgIpc) is 2.70. The van der Waals surface area contributed by atoms with Crippen LogP contribution in [-0.4, -0.2) is 99.7 Å². The van der Waals surface area contributed by atoms with Crippen LogP contribution in [0.5, 0.6) is 0 Å². The lowest BCUT2D eigenvalue weighted by atomic mass is 10.2. The summed E-state index contributed by atoms with van der Waals surface area (Å²) < 4.78 is 14.0. The van der Waals surface area contributed by atoms with E-state index in [1.807, 2.05) is 19.2 Å². The maximum Gasteiger partial charge on any atom is 0.193 e. The van der Waals surface area contributed by atoms with Crippen LogP contribution in [0.15, 0.2) is 29.3 Å². The predicted molar refractivity (Wildman–Crippen MR) is 110 cm³/mol. The number of likely N-dealkylation sites (N-methyl/N-ethyl adjacent to an activating group) is 1. The zero-order chi connectivity index (χ0) is 19.2. The highest BCUT2D eigenvalue weighted by atomic mass is 19.1. The third-order valence-corrected chi connectivity index (χ3v) is 5.70. The van der Waals surface area contributed by atoms with Crippen LogP contribution in [0, 0.1) is 5.82 Å². The summed E-state index contributed by atoms with van der Waals surface area (Å²) in [4.78, 5) is 13.8. The first-order valence-electron chi connectivity index (χ1n) is 9.96. The summed E-state index contributed by atoms with van der Waals surface area (Å²) in [5.74, 6) is 0.804. The first-order valence-corrected chi connectivity index (χ1v) is 9.96. The van der Waals surface area contributed by atoms with Crippen LogP contribution in [-0.2, 0) is 0 Å². The van der Waals surface area contributed by atoms with Crippen molar-refractivity contribution in [2.45, 2.75) is 13.0 Å². The number of rotatable bonds is 4. The van der Waals surface area contributed by atoms with Crippen molar-refractivity contribution >= 4 is 11.6 Å². The lowest BCUT2D eigenvalue weighted by molar-refractivity contribution is 0.119. The Morgan fingerprint density at radius 2 is 1.74 bits per heavy atom. The highest BCUT2D eigenvalue weighted by Gasteiger charge is 2.23. The minimum absolute atomic E-state index is 0.144. The standard InChI is InChI=1S/C20H33FN6/c1-17(25-10-8-24(3)9-11-25)16-23-20(22-2)27-14-12-26(13-15-27)19-7-5-4-6-18(19)21/h4-7,17H,8-16H2,1-3H3,(H,22,23). The maximum absolute atomic E-state index is 14.0. The summed E-state index contributed by atoms with van der Waals surface area (Å²) >= 11 is 0. The van der Waals surface area contributed by atoms with Crippen molar-refractivity contribution in [1.29, 1.82) is 0 Å². The van der Waals surface area contributed by atoms with E-state index in [2.05, 4.69) is 43.9 Å². The fraction of sp³-hybridized carbons (Fsp3) is 0.650. The fourth-order valence-corrected chi connectivity index (χ4v) is 3.83. The molecule has 1 atom stereocenters. The Labute approximate surface area is 162 Å². The van der Waals surface area contributed by atoms with Crippen LogP contribution in [0.4, 0.5) is 10.1 Å². The number of aliphatic imine (C=N–C) groups is 1. The molecule has 0 radical (unpaired) electrons. The van der Waals surface area contributed by atoms with Crippen LogP contribution in [0.2, 0.25) is 0 Å². The molecule has 0 aliphatic carbocycles. The van der Waals surface area contributed by atoms with Crippen LogP contribution < -0.4 is 10.2 Å². The van der Waals surface area contributed by atoms with Gasteiger partial charge < -0.3 is 20.0 Å². The number of nitrogens with one attached hydrogen (secondary N) is 1. The van der Waals surface area contributed by atoms with Crippen molar-refractivity contribution in [3.63, 3.8) is 0 Å². The number of piperazine rings is 2. The SMILES string of the molecule is CN=C(NCC(C)N1CCN(C)CC1)N1CCN(c2ccccc2F)CC1. The van der Waals surface area contributed by atoms with Crippen molar-refractivity contribution in [3.05, 3.63) is 30.1 Å². The third kappa shape index (κ3) is 5.11. The quantitative estimate of drug-likeness (QED) is 0.631. The van der Waals surface area contributed by atoms with E-state index in [1.54, 1.807) is 6.07 Å². The Morgan fingerprint density at radius 3 is 2.37 bits per heavy atom. The molecule has 7 heteroatoms. The van der Waals surface area contributed by atoms with Gasteiger partial charge in [-0.2, -0.15) is 0 Å². The summed E-state index contributed by atoms with van der Waals surface area (Å²) in [7, 11) is 4.02. The van der Waals surface area contributed by atoms with Gasteiger partial charge in [0.15, 0.2) is 5.96 Å². The number of halogens is 1. The van der Waals surface area contributed by atoms with Gasteiger partial charge in [0.05, 0.1) is 5.69 Å². The minimum Gasteiger partial charge on any atom is -0.366 e. The number of hydrogen-bond acceptors (Lipinski definition) is 4. The molecule has 2 saturated heterocycles. The molecule has 0 spiro atoms. The first-order chi connectivity index (χ1) is 13.1. The topological polar surface area (TPSA) is 37.4 Å². The molecule has 0 aromatic heterocycles. The highest BCUT2D eigenvalue weighted by Crippen LogP contribution is 2.20. The zero-order valence-electron chi connectivity index (χ0n) is 16.9. The molecule has 1 aromatic carbocycles. The number of nitrogens with zero attached hydrogens (tertiary/aromatic N) is 5. The Bertz CT molecular complexity index is 621. The van der Waals surface area contributed by atoms with Gasteiger partial charge in [0.25, 0.3) is 0 Å². The largest absolute Gasteiger partial charge is 0.366 e. The molecular weight excluding hydrogens is 343 g/mol. The molecule has 2 aliphatic heterocycles. The summed E-state index contributed by atoms with van der Waals surface area (Å²) in [5, 5.41) is 3.54. The van der Waals surface area contributed by atoms with Gasteiger partial charge in [0.1, 0.15) is 5.82 Å². The van der Waals surface area contributed by atoms with Crippen molar-refractivity contribution < 1.29 is 4.39 Å². The molecule has 1 aromatic rings. The average molecular weight is 377 g/mol. The van der Waals surface area contributed by atoms with Crippen molar-refractivity contribution in [2.75, 3.05) is 77.9 Å². The van der Waals surface area contributed by atoms with Gasteiger partial charge in [-0.05, 0) is 26.1 Å². The van der Waals surface area contributed by atoms with E-state index >= 15 is 0 Å². The predicted octanol–water partition coefficient (Wildman–Crippen LogP) is 1.16. The van der Waals surface area contributed by atoms with E-state index < -0.39 is 0 Å². The highest BCUT2D eigenvalue weighted by molar-refractivity contribution is 5.80. The maximum atomic E-state index is 14.0. The molecular formula is C20H33FN6.